The van der Waals surface area contributed by atoms with Crippen molar-refractivity contribution in [3.63, 3.8) is 0 Å². The van der Waals surface area contributed by atoms with Gasteiger partial charge in [0.15, 0.2) is 0 Å². The Hall–Kier alpha value is -2.01. The van der Waals surface area contributed by atoms with Crippen molar-refractivity contribution in [3.8, 4) is 11.6 Å². The van der Waals surface area contributed by atoms with E-state index in [1.807, 2.05) is 29.8 Å². The molecule has 100 valence electrons. The molecule has 0 saturated carbocycles. The van der Waals surface area contributed by atoms with Crippen molar-refractivity contribution in [1.82, 2.24) is 15.0 Å². The van der Waals surface area contributed by atoms with Crippen LogP contribution in [0.5, 0.6) is 0 Å². The molecular weight excluding hydrogens is 270 g/mol. The Bertz CT molecular complexity index is 706. The molecule has 3 heterocycles. The summed E-state index contributed by atoms with van der Waals surface area (Å²) in [7, 11) is 0. The molecule has 1 aliphatic rings. The van der Waals surface area contributed by atoms with Crippen LogP contribution in [0.3, 0.4) is 0 Å². The second-order valence-electron chi connectivity index (χ2n) is 4.91. The molecule has 4 rings (SSSR count). The summed E-state index contributed by atoms with van der Waals surface area (Å²) in [5.74, 6) is 2.12. The van der Waals surface area contributed by atoms with Crippen molar-refractivity contribution in [3.05, 3.63) is 52.4 Å². The molecule has 5 heteroatoms. The summed E-state index contributed by atoms with van der Waals surface area (Å²) in [5.41, 5.74) is 1.87. The number of oxazole rings is 1. The Kier molecular flexibility index (Phi) is 2.85. The zero-order chi connectivity index (χ0) is 13.4. The smallest absolute Gasteiger partial charge is 0.245 e. The highest BCUT2D eigenvalue weighted by Gasteiger charge is 2.26. The lowest BCUT2D eigenvalue weighted by Gasteiger charge is -2.17. The number of aromatic nitrogens is 3. The van der Waals surface area contributed by atoms with Gasteiger partial charge < -0.3 is 4.42 Å². The van der Waals surface area contributed by atoms with E-state index in [0.29, 0.717) is 11.8 Å². The number of aryl methyl sites for hydroxylation is 1. The third-order valence-electron chi connectivity index (χ3n) is 3.62. The molecule has 0 spiro atoms. The molecule has 3 aromatic rings. The van der Waals surface area contributed by atoms with Crippen molar-refractivity contribution in [2.24, 2.45) is 0 Å². The van der Waals surface area contributed by atoms with Gasteiger partial charge in [0.05, 0.1) is 10.7 Å². The average Bonchev–Trinajstić information content (AvgIpc) is 3.16. The summed E-state index contributed by atoms with van der Waals surface area (Å²) in [5, 5.41) is 3.24. The zero-order valence-electron chi connectivity index (χ0n) is 10.8. The highest BCUT2D eigenvalue weighted by molar-refractivity contribution is 7.09. The van der Waals surface area contributed by atoms with E-state index in [9.17, 15) is 0 Å². The summed E-state index contributed by atoms with van der Waals surface area (Å²) in [6.07, 6.45) is 6.56. The van der Waals surface area contributed by atoms with Crippen molar-refractivity contribution >= 4 is 11.3 Å². The van der Waals surface area contributed by atoms with Crippen molar-refractivity contribution < 1.29 is 4.42 Å². The third-order valence-corrected chi connectivity index (χ3v) is 4.56. The molecule has 0 radical (unpaired) electrons. The van der Waals surface area contributed by atoms with Crippen LogP contribution in [0.2, 0.25) is 0 Å². The first kappa shape index (κ1) is 11.8. The Balaban J connectivity index is 1.65. The largest absolute Gasteiger partial charge is 0.440 e. The zero-order valence-corrected chi connectivity index (χ0v) is 11.6. The second-order valence-corrected chi connectivity index (χ2v) is 5.84. The molecule has 1 unspecified atom stereocenters. The number of fused-ring (bicyclic) bond motifs is 1. The van der Waals surface area contributed by atoms with Crippen molar-refractivity contribution in [1.29, 1.82) is 0 Å². The van der Waals surface area contributed by atoms with E-state index in [2.05, 4.69) is 15.0 Å². The van der Waals surface area contributed by atoms with Crippen LogP contribution in [0, 0.1) is 0 Å². The van der Waals surface area contributed by atoms with Gasteiger partial charge in [-0.1, -0.05) is 6.07 Å². The lowest BCUT2D eigenvalue weighted by Crippen LogP contribution is -2.11. The first-order valence-corrected chi connectivity index (χ1v) is 7.57. The van der Waals surface area contributed by atoms with E-state index in [0.717, 1.165) is 36.4 Å². The molecule has 3 aromatic heterocycles. The number of thiazole rings is 1. The van der Waals surface area contributed by atoms with E-state index in [1.165, 1.54) is 5.01 Å². The first-order chi connectivity index (χ1) is 9.90. The van der Waals surface area contributed by atoms with E-state index in [4.69, 9.17) is 4.42 Å². The van der Waals surface area contributed by atoms with Crippen molar-refractivity contribution in [2.45, 2.75) is 25.2 Å². The molecule has 0 bridgehead atoms. The number of hydrogen-bond acceptors (Lipinski definition) is 5. The van der Waals surface area contributed by atoms with E-state index in [1.54, 1.807) is 17.5 Å². The molecule has 0 aromatic carbocycles. The highest BCUT2D eigenvalue weighted by Crippen LogP contribution is 2.35. The number of pyridine rings is 1. The third kappa shape index (κ3) is 2.04. The van der Waals surface area contributed by atoms with Crippen LogP contribution in [0.1, 0.15) is 28.8 Å². The minimum Gasteiger partial charge on any atom is -0.440 e. The molecule has 4 nitrogen and oxygen atoms in total. The summed E-state index contributed by atoms with van der Waals surface area (Å²) in [4.78, 5) is 13.3. The van der Waals surface area contributed by atoms with E-state index in [-0.39, 0.29) is 0 Å². The maximum absolute atomic E-state index is 5.87. The molecule has 0 fully saturated rings. The van der Waals surface area contributed by atoms with Gasteiger partial charge in [0.25, 0.3) is 0 Å². The Morgan fingerprint density at radius 2 is 2.20 bits per heavy atom. The van der Waals surface area contributed by atoms with Crippen LogP contribution in [-0.4, -0.2) is 15.0 Å². The molecule has 0 aliphatic heterocycles. The first-order valence-electron chi connectivity index (χ1n) is 6.69. The number of hydrogen-bond donors (Lipinski definition) is 0. The molecular formula is C15H13N3OS. The van der Waals surface area contributed by atoms with Gasteiger partial charge in [0, 0.05) is 36.5 Å². The van der Waals surface area contributed by atoms with Gasteiger partial charge in [-0.15, -0.1) is 11.3 Å². The lowest BCUT2D eigenvalue weighted by atomic mass is 9.91. The number of nitrogens with zero attached hydrogens (tertiary/aromatic N) is 3. The average molecular weight is 283 g/mol. The van der Waals surface area contributed by atoms with Crippen LogP contribution in [0.4, 0.5) is 0 Å². The second kappa shape index (κ2) is 4.83. The Labute approximate surface area is 120 Å². The summed E-state index contributed by atoms with van der Waals surface area (Å²) in [6.45, 7) is 0. The predicted molar refractivity (Wildman–Crippen MR) is 76.6 cm³/mol. The quantitative estimate of drug-likeness (QED) is 0.722. The van der Waals surface area contributed by atoms with Gasteiger partial charge in [-0.3, -0.25) is 4.98 Å². The molecule has 1 aliphatic carbocycles. The van der Waals surface area contributed by atoms with Gasteiger partial charge in [0.1, 0.15) is 11.5 Å². The van der Waals surface area contributed by atoms with Gasteiger partial charge in [0.2, 0.25) is 5.89 Å². The topological polar surface area (TPSA) is 51.8 Å². The fourth-order valence-corrected chi connectivity index (χ4v) is 3.40. The predicted octanol–water partition coefficient (Wildman–Crippen LogP) is 3.47. The Morgan fingerprint density at radius 3 is 3.00 bits per heavy atom. The number of rotatable bonds is 2. The molecule has 0 amide bonds. The summed E-state index contributed by atoms with van der Waals surface area (Å²) < 4.78 is 5.87. The minimum absolute atomic E-state index is 0.476. The normalized spacial score (nSPS) is 17.9. The standard InChI is InChI=1S/C15H13N3OS/c1-2-6-16-11(3-1)14-18-12-9-10(4-5-13(12)19-14)15-17-7-8-20-15/h1-3,6-8,10H,4-5,9H2. The maximum atomic E-state index is 5.87. The highest BCUT2D eigenvalue weighted by atomic mass is 32.1. The van der Waals surface area contributed by atoms with Crippen LogP contribution < -0.4 is 0 Å². The Morgan fingerprint density at radius 1 is 1.20 bits per heavy atom. The van der Waals surface area contributed by atoms with Gasteiger partial charge >= 0.3 is 0 Å². The van der Waals surface area contributed by atoms with Gasteiger partial charge in [-0.05, 0) is 18.6 Å². The lowest BCUT2D eigenvalue weighted by molar-refractivity contribution is 0.463. The minimum atomic E-state index is 0.476. The van der Waals surface area contributed by atoms with Crippen LogP contribution in [0.25, 0.3) is 11.6 Å². The van der Waals surface area contributed by atoms with E-state index < -0.39 is 0 Å². The SMILES string of the molecule is c1ccc(-c2nc3c(o2)CCC(c2nccs2)C3)nc1. The van der Waals surface area contributed by atoms with Crippen LogP contribution in [0.15, 0.2) is 40.4 Å². The molecule has 1 atom stereocenters. The van der Waals surface area contributed by atoms with Crippen molar-refractivity contribution in [2.75, 3.05) is 0 Å². The van der Waals surface area contributed by atoms with Crippen LogP contribution in [-0.2, 0) is 12.8 Å². The van der Waals surface area contributed by atoms with E-state index >= 15 is 0 Å². The summed E-state index contributed by atoms with van der Waals surface area (Å²) >= 11 is 1.73. The van der Waals surface area contributed by atoms with Gasteiger partial charge in [-0.25, -0.2) is 9.97 Å². The monoisotopic (exact) mass is 283 g/mol. The van der Waals surface area contributed by atoms with Crippen LogP contribution >= 0.6 is 11.3 Å². The fraction of sp³-hybridized carbons (Fsp3) is 0.267. The fourth-order valence-electron chi connectivity index (χ4n) is 2.62. The maximum Gasteiger partial charge on any atom is 0.245 e. The summed E-state index contributed by atoms with van der Waals surface area (Å²) in [6, 6.07) is 5.77. The molecule has 0 N–H and O–H groups in total. The molecule has 20 heavy (non-hydrogen) atoms. The molecule has 0 saturated heterocycles. The van der Waals surface area contributed by atoms with Gasteiger partial charge in [-0.2, -0.15) is 0 Å².